The molecule has 8 nitrogen and oxygen atoms in total. The number of hydrogen-bond donors (Lipinski definition) is 2. The highest BCUT2D eigenvalue weighted by molar-refractivity contribution is 7.92. The normalized spacial score (nSPS) is 17.1. The quantitative estimate of drug-likeness (QED) is 0.253. The largest absolute Gasteiger partial charge is 0.494 e. The van der Waals surface area contributed by atoms with Crippen LogP contribution in [0, 0.1) is 20.8 Å². The molecular weight excluding hydrogens is 566 g/mol. The van der Waals surface area contributed by atoms with Crippen LogP contribution in [0.15, 0.2) is 66.9 Å². The van der Waals surface area contributed by atoms with Gasteiger partial charge in [0.25, 0.3) is 0 Å². The van der Waals surface area contributed by atoms with E-state index < -0.39 is 10.0 Å². The second-order valence-corrected chi connectivity index (χ2v) is 12.4. The number of hydrogen-bond acceptors (Lipinski definition) is 5. The Morgan fingerprint density at radius 3 is 2.45 bits per heavy atom. The molecule has 11 heteroatoms. The summed E-state index contributed by atoms with van der Waals surface area (Å²) in [6.07, 6.45) is 2.88. The van der Waals surface area contributed by atoms with E-state index >= 15 is 0 Å². The van der Waals surface area contributed by atoms with Crippen LogP contribution < -0.4 is 19.7 Å². The van der Waals surface area contributed by atoms with Gasteiger partial charge in [-0.1, -0.05) is 23.7 Å². The summed E-state index contributed by atoms with van der Waals surface area (Å²) >= 11 is 12.3. The molecule has 2 atom stereocenters. The summed E-state index contributed by atoms with van der Waals surface area (Å²) in [4.78, 5) is 6.73. The summed E-state index contributed by atoms with van der Waals surface area (Å²) in [5.74, 6) is 0.381. The predicted octanol–water partition coefficient (Wildman–Crippen LogP) is 6.01. The first-order valence-electron chi connectivity index (χ1n) is 12.6. The molecule has 0 spiro atoms. The Morgan fingerprint density at radius 1 is 1.02 bits per heavy atom. The summed E-state index contributed by atoms with van der Waals surface area (Å²) in [5, 5.41) is 4.69. The number of sulfonamides is 1. The van der Waals surface area contributed by atoms with Crippen molar-refractivity contribution in [3.8, 4) is 11.4 Å². The molecule has 1 saturated heterocycles. The maximum Gasteiger partial charge on any atom is 0.229 e. The van der Waals surface area contributed by atoms with Gasteiger partial charge in [-0.15, -0.1) is 0 Å². The predicted molar refractivity (Wildman–Crippen MR) is 164 cm³/mol. The summed E-state index contributed by atoms with van der Waals surface area (Å²) < 4.78 is 34.1. The summed E-state index contributed by atoms with van der Waals surface area (Å²) in [6.45, 7) is 6.32. The van der Waals surface area contributed by atoms with Gasteiger partial charge in [-0.2, -0.15) is 0 Å². The van der Waals surface area contributed by atoms with E-state index in [4.69, 9.17) is 28.6 Å². The van der Waals surface area contributed by atoms with Crippen LogP contribution in [-0.2, 0) is 10.0 Å². The smallest absolute Gasteiger partial charge is 0.229 e. The van der Waals surface area contributed by atoms with Crippen molar-refractivity contribution < 1.29 is 13.2 Å². The van der Waals surface area contributed by atoms with Crippen LogP contribution in [0.3, 0.4) is 0 Å². The molecule has 0 amide bonds. The molecule has 0 radical (unpaired) electrons. The van der Waals surface area contributed by atoms with Crippen molar-refractivity contribution in [1.29, 1.82) is 0 Å². The molecule has 0 bridgehead atoms. The third-order valence-corrected chi connectivity index (χ3v) is 8.37. The first-order valence-corrected chi connectivity index (χ1v) is 15.3. The van der Waals surface area contributed by atoms with E-state index in [1.165, 1.54) is 7.11 Å². The fourth-order valence-electron chi connectivity index (χ4n) is 5.48. The van der Waals surface area contributed by atoms with E-state index in [1.807, 2.05) is 48.5 Å². The van der Waals surface area contributed by atoms with E-state index in [-0.39, 0.29) is 12.1 Å². The Kier molecular flexibility index (Phi) is 7.52. The zero-order valence-corrected chi connectivity index (χ0v) is 25.2. The molecule has 2 aromatic heterocycles. The first kappa shape index (κ1) is 27.9. The van der Waals surface area contributed by atoms with Crippen molar-refractivity contribution in [2.45, 2.75) is 32.9 Å². The van der Waals surface area contributed by atoms with Crippen molar-refractivity contribution in [1.82, 2.24) is 14.9 Å². The van der Waals surface area contributed by atoms with Gasteiger partial charge in [0.1, 0.15) is 5.75 Å². The van der Waals surface area contributed by atoms with Gasteiger partial charge in [-0.3, -0.25) is 9.71 Å². The second-order valence-electron chi connectivity index (χ2n) is 9.78. The minimum atomic E-state index is -3.50. The fraction of sp³-hybridized carbons (Fsp3) is 0.241. The van der Waals surface area contributed by atoms with Gasteiger partial charge in [-0.25, -0.2) is 8.42 Å². The Bertz CT molecular complexity index is 1710. The second kappa shape index (κ2) is 10.8. The molecule has 4 aromatic rings. The number of anilines is 2. The average molecular weight is 596 g/mol. The van der Waals surface area contributed by atoms with Gasteiger partial charge in [0.15, 0.2) is 5.11 Å². The third-order valence-electron chi connectivity index (χ3n) is 7.23. The number of methoxy groups -OCH3 is 1. The van der Waals surface area contributed by atoms with Crippen molar-refractivity contribution in [2.24, 2.45) is 0 Å². The van der Waals surface area contributed by atoms with Gasteiger partial charge in [-0.05, 0) is 81.0 Å². The van der Waals surface area contributed by atoms with Gasteiger partial charge in [0, 0.05) is 45.6 Å². The number of pyridine rings is 1. The monoisotopic (exact) mass is 595 g/mol. The van der Waals surface area contributed by atoms with Crippen molar-refractivity contribution in [3.05, 3.63) is 100 Å². The van der Waals surface area contributed by atoms with E-state index in [2.05, 4.69) is 45.3 Å². The standard InChI is InChI=1S/C29H30ClN5O3S2/c1-17-18(2)34(21-10-8-9-20(30)15-21)19(3)26(17)28-27(24-11-6-7-14-31-24)32-29(39)35(28)22-12-13-23(25(16-22)38-4)33-40(5,36)37/h6-16,27-28,33H,1-5H3,(H,32,39)/t27-,28-/m1/s1. The molecule has 2 aromatic carbocycles. The number of thiocarbonyl (C=S) groups is 1. The third kappa shape index (κ3) is 5.14. The molecule has 0 unspecified atom stereocenters. The molecule has 3 heterocycles. The molecule has 1 aliphatic heterocycles. The highest BCUT2D eigenvalue weighted by Crippen LogP contribution is 2.46. The summed E-state index contributed by atoms with van der Waals surface area (Å²) in [5.41, 5.74) is 7.32. The van der Waals surface area contributed by atoms with Gasteiger partial charge < -0.3 is 19.5 Å². The van der Waals surface area contributed by atoms with Crippen LogP contribution in [0.25, 0.3) is 5.69 Å². The number of aromatic nitrogens is 2. The molecule has 1 aliphatic rings. The molecule has 0 aliphatic carbocycles. The number of nitrogens with zero attached hydrogens (tertiary/aromatic N) is 3. The Morgan fingerprint density at radius 2 is 1.80 bits per heavy atom. The van der Waals surface area contributed by atoms with E-state index in [9.17, 15) is 8.42 Å². The molecule has 5 rings (SSSR count). The summed E-state index contributed by atoms with van der Waals surface area (Å²) in [7, 11) is -1.99. The van der Waals surface area contributed by atoms with Gasteiger partial charge >= 0.3 is 0 Å². The van der Waals surface area contributed by atoms with Crippen LogP contribution in [0.5, 0.6) is 5.75 Å². The maximum absolute atomic E-state index is 11.9. The number of nitrogens with one attached hydrogen (secondary N) is 2. The van der Waals surface area contributed by atoms with Crippen molar-refractivity contribution in [3.63, 3.8) is 0 Å². The molecule has 40 heavy (non-hydrogen) atoms. The van der Waals surface area contributed by atoms with E-state index in [1.54, 1.807) is 18.3 Å². The number of halogens is 1. The highest BCUT2D eigenvalue weighted by atomic mass is 35.5. The summed E-state index contributed by atoms with van der Waals surface area (Å²) in [6, 6.07) is 18.4. The van der Waals surface area contributed by atoms with Crippen LogP contribution in [0.2, 0.25) is 5.02 Å². The number of benzene rings is 2. The lowest BCUT2D eigenvalue weighted by Crippen LogP contribution is -2.30. The van der Waals surface area contributed by atoms with E-state index in [0.29, 0.717) is 21.6 Å². The molecule has 208 valence electrons. The van der Waals surface area contributed by atoms with E-state index in [0.717, 1.165) is 45.8 Å². The average Bonchev–Trinajstić information content (AvgIpc) is 3.35. The SMILES string of the molecule is COc1cc(N2C(=S)N[C@H](c3ccccn3)[C@H]2c2c(C)c(C)n(-c3cccc(Cl)c3)c2C)ccc1NS(C)(=O)=O. The minimum Gasteiger partial charge on any atom is -0.494 e. The molecule has 1 fully saturated rings. The van der Waals surface area contributed by atoms with Crippen LogP contribution >= 0.6 is 23.8 Å². The number of ether oxygens (including phenoxy) is 1. The van der Waals surface area contributed by atoms with Gasteiger partial charge in [0.2, 0.25) is 10.0 Å². The number of rotatable bonds is 7. The van der Waals surface area contributed by atoms with Crippen molar-refractivity contribution >= 4 is 50.3 Å². The Labute approximate surface area is 245 Å². The zero-order chi connectivity index (χ0) is 28.8. The van der Waals surface area contributed by atoms with Crippen LogP contribution in [0.1, 0.15) is 40.3 Å². The minimum absolute atomic E-state index is 0.250. The van der Waals surface area contributed by atoms with Crippen LogP contribution in [0.4, 0.5) is 11.4 Å². The Hall–Kier alpha value is -3.60. The highest BCUT2D eigenvalue weighted by Gasteiger charge is 2.43. The molecular formula is C29H30ClN5O3S2. The van der Waals surface area contributed by atoms with Crippen LogP contribution in [-0.4, -0.2) is 36.4 Å². The molecule has 2 N–H and O–H groups in total. The maximum atomic E-state index is 11.9. The topological polar surface area (TPSA) is 88.5 Å². The first-order chi connectivity index (χ1) is 19.0. The molecule has 0 saturated carbocycles. The lowest BCUT2D eigenvalue weighted by Gasteiger charge is -2.29. The zero-order valence-electron chi connectivity index (χ0n) is 22.8. The lowest BCUT2D eigenvalue weighted by atomic mass is 9.93. The lowest BCUT2D eigenvalue weighted by molar-refractivity contribution is 0.417. The van der Waals surface area contributed by atoms with Gasteiger partial charge in [0.05, 0.1) is 36.8 Å². The van der Waals surface area contributed by atoms with Crippen molar-refractivity contribution in [2.75, 3.05) is 23.0 Å². The Balaban J connectivity index is 1.71. The fourth-order valence-corrected chi connectivity index (χ4v) is 6.58.